The molecule has 0 aliphatic heterocycles. The maximum absolute atomic E-state index is 10.6. The zero-order valence-corrected chi connectivity index (χ0v) is 11.5. The number of carbonyl (C=O) groups is 1. The second-order valence-corrected chi connectivity index (χ2v) is 5.15. The first-order chi connectivity index (χ1) is 8.42. The molecular weight excluding hydrogens is 264 g/mol. The summed E-state index contributed by atoms with van der Waals surface area (Å²) in [5, 5.41) is 0. The molecule has 0 aliphatic rings. The van der Waals surface area contributed by atoms with E-state index < -0.39 is 10.1 Å². The molecule has 0 radical (unpaired) electrons. The van der Waals surface area contributed by atoms with Crippen molar-refractivity contribution in [3.8, 4) is 0 Å². The fourth-order valence-electron chi connectivity index (χ4n) is 0.900. The second kappa shape index (κ2) is 10.4. The number of hydrogen-bond acceptors (Lipinski definition) is 7. The summed E-state index contributed by atoms with van der Waals surface area (Å²) in [7, 11) is -3.39. The number of carbonyl (C=O) groups excluding carboxylic acids is 1. The van der Waals surface area contributed by atoms with Crippen LogP contribution in [0.25, 0.3) is 0 Å². The van der Waals surface area contributed by atoms with Gasteiger partial charge in [-0.3, -0.25) is 8.98 Å². The Morgan fingerprint density at radius 3 is 1.78 bits per heavy atom. The van der Waals surface area contributed by atoms with Gasteiger partial charge in [-0.15, -0.1) is 0 Å². The minimum absolute atomic E-state index is 0.000552. The first kappa shape index (κ1) is 17.5. The lowest BCUT2D eigenvalue weighted by molar-refractivity contribution is -0.122. The molecule has 0 heterocycles. The summed E-state index contributed by atoms with van der Waals surface area (Å²) in [4.78, 5) is 10.5. The lowest BCUT2D eigenvalue weighted by Crippen LogP contribution is -2.14. The van der Waals surface area contributed by atoms with Gasteiger partial charge in [-0.1, -0.05) is 0 Å². The molecule has 0 saturated carbocycles. The third-order valence-corrected chi connectivity index (χ3v) is 2.17. The van der Waals surface area contributed by atoms with Crippen LogP contribution >= 0.6 is 0 Å². The smallest absolute Gasteiger partial charge is 0.264 e. The molecule has 0 aromatic carbocycles. The summed E-state index contributed by atoms with van der Waals surface area (Å²) in [6.45, 7) is 3.21. The van der Waals surface area contributed by atoms with Crippen LogP contribution in [0.4, 0.5) is 0 Å². The average Bonchev–Trinajstić information content (AvgIpc) is 2.24. The maximum Gasteiger partial charge on any atom is 0.264 e. The number of ether oxygens (including phenoxy) is 3. The molecule has 0 aromatic rings. The number of ketones is 1. The van der Waals surface area contributed by atoms with Crippen molar-refractivity contribution in [2.45, 2.75) is 6.92 Å². The number of rotatable bonds is 12. The van der Waals surface area contributed by atoms with E-state index in [2.05, 4.69) is 4.18 Å². The van der Waals surface area contributed by atoms with E-state index in [0.717, 1.165) is 6.26 Å². The lowest BCUT2D eigenvalue weighted by atomic mass is 10.5. The Morgan fingerprint density at radius 2 is 1.33 bits per heavy atom. The van der Waals surface area contributed by atoms with Gasteiger partial charge >= 0.3 is 0 Å². The first-order valence-electron chi connectivity index (χ1n) is 5.49. The molecule has 0 N–H and O–H groups in total. The van der Waals surface area contributed by atoms with Gasteiger partial charge in [0, 0.05) is 0 Å². The molecule has 8 heteroatoms. The van der Waals surface area contributed by atoms with E-state index in [9.17, 15) is 13.2 Å². The average molecular weight is 284 g/mol. The Balaban J connectivity index is 3.10. The Bertz CT molecular complexity index is 312. The fraction of sp³-hybridized carbons (Fsp3) is 0.900. The van der Waals surface area contributed by atoms with Crippen molar-refractivity contribution in [3.05, 3.63) is 0 Å². The summed E-state index contributed by atoms with van der Waals surface area (Å²) < 4.78 is 40.8. The zero-order valence-electron chi connectivity index (χ0n) is 10.7. The fourth-order valence-corrected chi connectivity index (χ4v) is 1.27. The highest BCUT2D eigenvalue weighted by Gasteiger charge is 2.00. The van der Waals surface area contributed by atoms with Gasteiger partial charge in [0.15, 0.2) is 5.78 Å². The summed E-state index contributed by atoms with van der Waals surface area (Å²) in [5.41, 5.74) is 0. The second-order valence-electron chi connectivity index (χ2n) is 3.51. The van der Waals surface area contributed by atoms with Gasteiger partial charge in [0.25, 0.3) is 10.1 Å². The van der Waals surface area contributed by atoms with Gasteiger partial charge in [0.1, 0.15) is 6.61 Å². The predicted molar refractivity (Wildman–Crippen MR) is 63.9 cm³/mol. The van der Waals surface area contributed by atoms with Gasteiger partial charge in [0.2, 0.25) is 0 Å². The number of Topliss-reactive ketones (excluding diaryl/α,β-unsaturated/α-hetero) is 1. The Labute approximate surface area is 107 Å². The summed E-state index contributed by atoms with van der Waals surface area (Å²) in [6.07, 6.45) is 0.983. The van der Waals surface area contributed by atoms with Crippen LogP contribution in [0.5, 0.6) is 0 Å². The molecule has 0 saturated heterocycles. The van der Waals surface area contributed by atoms with E-state index in [1.54, 1.807) is 0 Å². The van der Waals surface area contributed by atoms with Crippen molar-refractivity contribution in [2.24, 2.45) is 0 Å². The van der Waals surface area contributed by atoms with Crippen molar-refractivity contribution in [3.63, 3.8) is 0 Å². The van der Waals surface area contributed by atoms with Crippen molar-refractivity contribution in [2.75, 3.05) is 52.5 Å². The molecule has 0 bridgehead atoms. The van der Waals surface area contributed by atoms with Crippen molar-refractivity contribution < 1.29 is 31.6 Å². The molecule has 0 aliphatic carbocycles. The minimum Gasteiger partial charge on any atom is -0.377 e. The molecule has 0 fully saturated rings. The van der Waals surface area contributed by atoms with Gasteiger partial charge in [0.05, 0.1) is 45.9 Å². The van der Waals surface area contributed by atoms with E-state index in [-0.39, 0.29) is 25.6 Å². The van der Waals surface area contributed by atoms with Crippen LogP contribution in [0, 0.1) is 0 Å². The van der Waals surface area contributed by atoms with Crippen LogP contribution in [0.15, 0.2) is 0 Å². The van der Waals surface area contributed by atoms with Crippen LogP contribution in [0.3, 0.4) is 0 Å². The molecule has 18 heavy (non-hydrogen) atoms. The standard InChI is InChI=1S/C10H20O7S/c1-10(11)9-16-6-5-14-3-4-15-7-8-17-18(2,12)13/h3-9H2,1-2H3. The van der Waals surface area contributed by atoms with Crippen LogP contribution in [0.2, 0.25) is 0 Å². The van der Waals surface area contributed by atoms with Crippen LogP contribution in [0.1, 0.15) is 6.92 Å². The summed E-state index contributed by atoms with van der Waals surface area (Å²) in [6, 6.07) is 0. The molecule has 0 rings (SSSR count). The molecule has 0 amide bonds. The Kier molecular flexibility index (Phi) is 10.1. The highest BCUT2D eigenvalue weighted by atomic mass is 32.2. The van der Waals surface area contributed by atoms with Gasteiger partial charge in [-0.05, 0) is 6.92 Å². The Hall–Kier alpha value is -0.540. The van der Waals surface area contributed by atoms with Crippen molar-refractivity contribution in [1.29, 1.82) is 0 Å². The van der Waals surface area contributed by atoms with E-state index in [1.807, 2.05) is 0 Å². The van der Waals surface area contributed by atoms with Gasteiger partial charge < -0.3 is 14.2 Å². The molecule has 108 valence electrons. The highest BCUT2D eigenvalue weighted by Crippen LogP contribution is 1.87. The molecule has 0 atom stereocenters. The first-order valence-corrected chi connectivity index (χ1v) is 7.30. The quantitative estimate of drug-likeness (QED) is 0.356. The normalized spacial score (nSPS) is 11.7. The monoisotopic (exact) mass is 284 g/mol. The highest BCUT2D eigenvalue weighted by molar-refractivity contribution is 7.85. The predicted octanol–water partition coefficient (Wildman–Crippen LogP) is -0.399. The number of hydrogen-bond donors (Lipinski definition) is 0. The summed E-state index contributed by atoms with van der Waals surface area (Å²) >= 11 is 0. The molecule has 7 nitrogen and oxygen atoms in total. The molecule has 0 aromatic heterocycles. The largest absolute Gasteiger partial charge is 0.377 e. The van der Waals surface area contributed by atoms with Crippen LogP contribution in [-0.2, 0) is 33.3 Å². The van der Waals surface area contributed by atoms with Crippen LogP contribution < -0.4 is 0 Å². The van der Waals surface area contributed by atoms with Gasteiger partial charge in [-0.2, -0.15) is 8.42 Å². The van der Waals surface area contributed by atoms with E-state index in [0.29, 0.717) is 26.4 Å². The third kappa shape index (κ3) is 15.5. The molecule has 0 unspecified atom stereocenters. The van der Waals surface area contributed by atoms with Crippen molar-refractivity contribution >= 4 is 15.9 Å². The van der Waals surface area contributed by atoms with Crippen LogP contribution in [-0.4, -0.2) is 66.7 Å². The Morgan fingerprint density at radius 1 is 0.889 bits per heavy atom. The topological polar surface area (TPSA) is 88.1 Å². The molecule has 0 spiro atoms. The SMILES string of the molecule is CC(=O)COCCOCCOCCOS(C)(=O)=O. The zero-order chi connectivity index (χ0) is 13.9. The molecular formula is C10H20O7S. The third-order valence-electron chi connectivity index (χ3n) is 1.57. The lowest BCUT2D eigenvalue weighted by Gasteiger charge is -2.06. The van der Waals surface area contributed by atoms with E-state index in [1.165, 1.54) is 6.92 Å². The van der Waals surface area contributed by atoms with Crippen molar-refractivity contribution in [1.82, 2.24) is 0 Å². The van der Waals surface area contributed by atoms with E-state index in [4.69, 9.17) is 14.2 Å². The maximum atomic E-state index is 10.6. The van der Waals surface area contributed by atoms with Gasteiger partial charge in [-0.25, -0.2) is 0 Å². The minimum atomic E-state index is -3.39. The van der Waals surface area contributed by atoms with E-state index >= 15 is 0 Å². The summed E-state index contributed by atoms with van der Waals surface area (Å²) in [5.74, 6) is -0.0239.